The molecule has 0 saturated heterocycles. The number of rotatable bonds is 3. The zero-order chi connectivity index (χ0) is 13.1. The standard InChI is InChI=1S/C14H22O2Si/c1-14(2,3)17(4,5)16-11-10-12-8-6-7-9-13(12)15/h6-11,15H,1-5H3/b11-10-. The normalized spacial score (nSPS) is 13.0. The van der Waals surface area contributed by atoms with E-state index in [1.54, 1.807) is 18.4 Å². The zero-order valence-electron chi connectivity index (χ0n) is 11.3. The van der Waals surface area contributed by atoms with E-state index in [-0.39, 0.29) is 10.8 Å². The summed E-state index contributed by atoms with van der Waals surface area (Å²) < 4.78 is 5.90. The molecular weight excluding hydrogens is 228 g/mol. The Morgan fingerprint density at radius 1 is 1.18 bits per heavy atom. The van der Waals surface area contributed by atoms with E-state index in [1.807, 2.05) is 18.2 Å². The Hall–Kier alpha value is -1.22. The van der Waals surface area contributed by atoms with Gasteiger partial charge in [0.2, 0.25) is 8.32 Å². The molecule has 1 aromatic carbocycles. The molecule has 17 heavy (non-hydrogen) atoms. The fourth-order valence-corrected chi connectivity index (χ4v) is 1.84. The van der Waals surface area contributed by atoms with Gasteiger partial charge in [-0.15, -0.1) is 0 Å². The van der Waals surface area contributed by atoms with Crippen molar-refractivity contribution in [2.24, 2.45) is 0 Å². The van der Waals surface area contributed by atoms with Crippen molar-refractivity contribution in [1.82, 2.24) is 0 Å². The van der Waals surface area contributed by atoms with Crippen LogP contribution in [0.2, 0.25) is 18.1 Å². The highest BCUT2D eigenvalue weighted by atomic mass is 28.4. The molecule has 1 N–H and O–H groups in total. The molecule has 1 rings (SSSR count). The number of benzene rings is 1. The van der Waals surface area contributed by atoms with E-state index in [2.05, 4.69) is 33.9 Å². The molecule has 2 nitrogen and oxygen atoms in total. The Bertz CT molecular complexity index is 403. The molecule has 0 fully saturated rings. The molecule has 0 aliphatic heterocycles. The molecule has 0 aromatic heterocycles. The van der Waals surface area contributed by atoms with Crippen LogP contribution >= 0.6 is 0 Å². The molecule has 0 bridgehead atoms. The first-order valence-electron chi connectivity index (χ1n) is 5.86. The lowest BCUT2D eigenvalue weighted by atomic mass is 10.2. The average molecular weight is 250 g/mol. The predicted molar refractivity (Wildman–Crippen MR) is 75.4 cm³/mol. The van der Waals surface area contributed by atoms with Crippen molar-refractivity contribution in [2.75, 3.05) is 0 Å². The maximum absolute atomic E-state index is 9.60. The Labute approximate surface area is 105 Å². The molecule has 0 heterocycles. The second kappa shape index (κ2) is 4.96. The van der Waals surface area contributed by atoms with Gasteiger partial charge in [0.05, 0.1) is 6.26 Å². The Balaban J connectivity index is 2.72. The summed E-state index contributed by atoms with van der Waals surface area (Å²) in [6.07, 6.45) is 3.53. The quantitative estimate of drug-likeness (QED) is 0.637. The van der Waals surface area contributed by atoms with Crippen molar-refractivity contribution in [3.05, 3.63) is 36.1 Å². The number of phenolic OH excluding ortho intramolecular Hbond substituents is 1. The first-order chi connectivity index (χ1) is 7.74. The molecule has 94 valence electrons. The topological polar surface area (TPSA) is 29.5 Å². The molecule has 0 amide bonds. The van der Waals surface area contributed by atoms with E-state index in [0.717, 1.165) is 5.56 Å². The third kappa shape index (κ3) is 3.63. The van der Waals surface area contributed by atoms with Gasteiger partial charge in [-0.25, -0.2) is 0 Å². The Morgan fingerprint density at radius 3 is 2.29 bits per heavy atom. The van der Waals surface area contributed by atoms with E-state index < -0.39 is 8.32 Å². The molecule has 0 atom stereocenters. The summed E-state index contributed by atoms with van der Waals surface area (Å²) in [6.45, 7) is 11.0. The first kappa shape index (κ1) is 13.8. The third-order valence-corrected chi connectivity index (χ3v) is 7.69. The van der Waals surface area contributed by atoms with Gasteiger partial charge in [0.25, 0.3) is 0 Å². The van der Waals surface area contributed by atoms with E-state index >= 15 is 0 Å². The molecule has 1 aromatic rings. The largest absolute Gasteiger partial charge is 0.549 e. The van der Waals surface area contributed by atoms with Crippen molar-refractivity contribution in [3.63, 3.8) is 0 Å². The van der Waals surface area contributed by atoms with Crippen molar-refractivity contribution >= 4 is 14.4 Å². The first-order valence-corrected chi connectivity index (χ1v) is 8.77. The number of para-hydroxylation sites is 1. The van der Waals surface area contributed by atoms with Crippen LogP contribution in [0.3, 0.4) is 0 Å². The minimum absolute atomic E-state index is 0.191. The number of hydrogen-bond acceptors (Lipinski definition) is 2. The van der Waals surface area contributed by atoms with Crippen molar-refractivity contribution in [3.8, 4) is 5.75 Å². The number of phenols is 1. The van der Waals surface area contributed by atoms with Gasteiger partial charge in [-0.05, 0) is 30.3 Å². The van der Waals surface area contributed by atoms with Gasteiger partial charge in [0.15, 0.2) is 0 Å². The maximum Gasteiger partial charge on any atom is 0.249 e. The summed E-state index contributed by atoms with van der Waals surface area (Å²) in [5.41, 5.74) is 0.784. The van der Waals surface area contributed by atoms with Crippen molar-refractivity contribution < 1.29 is 9.53 Å². The van der Waals surface area contributed by atoms with Crippen LogP contribution in [0.25, 0.3) is 6.08 Å². The molecule has 0 saturated carbocycles. The van der Waals surface area contributed by atoms with E-state index in [4.69, 9.17) is 4.43 Å². The average Bonchev–Trinajstić information content (AvgIpc) is 2.19. The van der Waals surface area contributed by atoms with Gasteiger partial charge in [0.1, 0.15) is 5.75 Å². The molecule has 0 radical (unpaired) electrons. The maximum atomic E-state index is 9.60. The molecule has 0 unspecified atom stereocenters. The number of hydrogen-bond donors (Lipinski definition) is 1. The Kier molecular flexibility index (Phi) is 4.04. The van der Waals surface area contributed by atoms with Crippen LogP contribution in [0.15, 0.2) is 30.5 Å². The summed E-state index contributed by atoms with van der Waals surface area (Å²) in [7, 11) is -1.74. The minimum Gasteiger partial charge on any atom is -0.549 e. The molecule has 0 spiro atoms. The second-order valence-electron chi connectivity index (χ2n) is 5.74. The van der Waals surface area contributed by atoms with Gasteiger partial charge in [-0.1, -0.05) is 39.0 Å². The predicted octanol–water partition coefficient (Wildman–Crippen LogP) is 4.38. The van der Waals surface area contributed by atoms with Crippen LogP contribution in [-0.4, -0.2) is 13.4 Å². The molecule has 3 heteroatoms. The summed E-state index contributed by atoms with van der Waals surface area (Å²) in [4.78, 5) is 0. The highest BCUT2D eigenvalue weighted by molar-refractivity contribution is 6.74. The van der Waals surface area contributed by atoms with Gasteiger partial charge in [-0.2, -0.15) is 0 Å². The summed E-state index contributed by atoms with van der Waals surface area (Å²) in [5.74, 6) is 0.280. The lowest BCUT2D eigenvalue weighted by Crippen LogP contribution is -2.39. The highest BCUT2D eigenvalue weighted by Crippen LogP contribution is 2.36. The third-order valence-electron chi connectivity index (χ3n) is 3.35. The monoisotopic (exact) mass is 250 g/mol. The van der Waals surface area contributed by atoms with Crippen LogP contribution in [-0.2, 0) is 4.43 Å². The lowest BCUT2D eigenvalue weighted by Gasteiger charge is -2.34. The van der Waals surface area contributed by atoms with Crippen LogP contribution in [0, 0.1) is 0 Å². The summed E-state index contributed by atoms with van der Waals surface area (Å²) >= 11 is 0. The molecule has 0 aliphatic carbocycles. The lowest BCUT2D eigenvalue weighted by molar-refractivity contribution is 0.432. The second-order valence-corrected chi connectivity index (χ2v) is 10.5. The smallest absolute Gasteiger partial charge is 0.249 e. The van der Waals surface area contributed by atoms with Gasteiger partial charge in [0, 0.05) is 5.56 Å². The van der Waals surface area contributed by atoms with Gasteiger partial charge in [-0.3, -0.25) is 0 Å². The van der Waals surface area contributed by atoms with Crippen molar-refractivity contribution in [1.29, 1.82) is 0 Å². The number of aromatic hydroxyl groups is 1. The minimum atomic E-state index is -1.74. The summed E-state index contributed by atoms with van der Waals surface area (Å²) in [5, 5.41) is 9.79. The zero-order valence-corrected chi connectivity index (χ0v) is 12.3. The highest BCUT2D eigenvalue weighted by Gasteiger charge is 2.37. The molecular formula is C14H22O2Si. The fraction of sp³-hybridized carbons (Fsp3) is 0.429. The van der Waals surface area contributed by atoms with Gasteiger partial charge < -0.3 is 9.53 Å². The SMILES string of the molecule is CC(C)(C)[Si](C)(C)O/C=C\c1ccccc1O. The van der Waals surface area contributed by atoms with Crippen LogP contribution in [0.4, 0.5) is 0 Å². The molecule has 0 aliphatic rings. The van der Waals surface area contributed by atoms with Crippen LogP contribution < -0.4 is 0 Å². The van der Waals surface area contributed by atoms with E-state index in [0.29, 0.717) is 0 Å². The van der Waals surface area contributed by atoms with E-state index in [9.17, 15) is 5.11 Å². The van der Waals surface area contributed by atoms with Crippen LogP contribution in [0.5, 0.6) is 5.75 Å². The van der Waals surface area contributed by atoms with E-state index in [1.165, 1.54) is 0 Å². The van der Waals surface area contributed by atoms with Crippen molar-refractivity contribution in [2.45, 2.75) is 38.9 Å². The summed E-state index contributed by atoms with van der Waals surface area (Å²) in [6, 6.07) is 7.24. The fourth-order valence-electron chi connectivity index (χ4n) is 1.08. The van der Waals surface area contributed by atoms with Crippen LogP contribution in [0.1, 0.15) is 26.3 Å². The Morgan fingerprint density at radius 2 is 1.76 bits per heavy atom. The van der Waals surface area contributed by atoms with Gasteiger partial charge >= 0.3 is 0 Å².